The van der Waals surface area contributed by atoms with Gasteiger partial charge in [0.25, 0.3) is 0 Å². The van der Waals surface area contributed by atoms with Crippen LogP contribution in [0.3, 0.4) is 0 Å². The molecule has 0 aliphatic heterocycles. The Morgan fingerprint density at radius 2 is 2.17 bits per heavy atom. The minimum atomic E-state index is -0.326. The molecule has 0 saturated carbocycles. The quantitative estimate of drug-likeness (QED) is 0.554. The Bertz CT molecular complexity index is 157. The van der Waals surface area contributed by atoms with Crippen molar-refractivity contribution in [1.29, 1.82) is 0 Å². The van der Waals surface area contributed by atoms with Gasteiger partial charge in [-0.05, 0) is 12.3 Å². The van der Waals surface area contributed by atoms with E-state index in [1.54, 1.807) is 0 Å². The van der Waals surface area contributed by atoms with E-state index in [4.69, 9.17) is 5.73 Å². The molecule has 0 aromatic carbocycles. The first-order chi connectivity index (χ1) is 5.57. The van der Waals surface area contributed by atoms with E-state index in [1.807, 2.05) is 13.8 Å². The normalized spacial score (nSPS) is 12.6. The van der Waals surface area contributed by atoms with Crippen LogP contribution in [-0.2, 0) is 9.59 Å². The number of nitrogens with two attached hydrogens (primary N) is 1. The largest absolute Gasteiger partial charge is 0.370 e. The molecule has 4 heteroatoms. The van der Waals surface area contributed by atoms with Gasteiger partial charge in [-0.1, -0.05) is 13.8 Å². The van der Waals surface area contributed by atoms with E-state index in [9.17, 15) is 9.59 Å². The van der Waals surface area contributed by atoms with Gasteiger partial charge in [-0.3, -0.25) is 9.59 Å². The molecule has 0 aliphatic rings. The number of nitrogens with one attached hydrogen (secondary N) is 1. The van der Waals surface area contributed by atoms with E-state index in [0.29, 0.717) is 25.2 Å². The Labute approximate surface area is 72.5 Å². The molecule has 0 heterocycles. The lowest BCUT2D eigenvalue weighted by molar-refractivity contribution is -0.118. The zero-order chi connectivity index (χ0) is 9.56. The van der Waals surface area contributed by atoms with Gasteiger partial charge in [0.15, 0.2) is 0 Å². The third-order valence-electron chi connectivity index (χ3n) is 1.79. The van der Waals surface area contributed by atoms with Gasteiger partial charge in [-0.15, -0.1) is 0 Å². The standard InChI is InChI=1S/C8H16N2O2/c1-6(2)7(10-5-11)3-4-8(9)12/h5-7H,3-4H2,1-2H3,(H2,9,12)(H,10,11). The molecule has 0 rings (SSSR count). The van der Waals surface area contributed by atoms with Gasteiger partial charge >= 0.3 is 0 Å². The van der Waals surface area contributed by atoms with Crippen molar-refractivity contribution in [3.8, 4) is 0 Å². The summed E-state index contributed by atoms with van der Waals surface area (Å²) < 4.78 is 0. The molecule has 1 unspecified atom stereocenters. The number of carbonyl (C=O) groups is 2. The summed E-state index contributed by atoms with van der Waals surface area (Å²) in [6, 6.07) is 0.0509. The highest BCUT2D eigenvalue weighted by molar-refractivity contribution is 5.73. The van der Waals surface area contributed by atoms with Crippen LogP contribution in [0.2, 0.25) is 0 Å². The zero-order valence-corrected chi connectivity index (χ0v) is 7.54. The van der Waals surface area contributed by atoms with Crippen LogP contribution in [-0.4, -0.2) is 18.4 Å². The average molecular weight is 172 g/mol. The molecule has 3 N–H and O–H groups in total. The average Bonchev–Trinajstić information content (AvgIpc) is 1.96. The van der Waals surface area contributed by atoms with Gasteiger partial charge in [0.05, 0.1) is 0 Å². The van der Waals surface area contributed by atoms with Crippen molar-refractivity contribution in [1.82, 2.24) is 5.32 Å². The maximum absolute atomic E-state index is 10.4. The van der Waals surface area contributed by atoms with Crippen LogP contribution in [0.4, 0.5) is 0 Å². The maximum atomic E-state index is 10.4. The predicted molar refractivity (Wildman–Crippen MR) is 46.3 cm³/mol. The van der Waals surface area contributed by atoms with E-state index >= 15 is 0 Å². The lowest BCUT2D eigenvalue weighted by atomic mass is 9.99. The number of hydrogen-bond donors (Lipinski definition) is 2. The first-order valence-corrected chi connectivity index (χ1v) is 4.06. The molecule has 0 aromatic rings. The molecule has 0 aromatic heterocycles. The van der Waals surface area contributed by atoms with Gasteiger partial charge in [-0.2, -0.15) is 0 Å². The Morgan fingerprint density at radius 3 is 2.50 bits per heavy atom. The number of amides is 2. The fraction of sp³-hybridized carbons (Fsp3) is 0.750. The number of primary amides is 1. The molecule has 0 saturated heterocycles. The first-order valence-electron chi connectivity index (χ1n) is 4.06. The van der Waals surface area contributed by atoms with Crippen molar-refractivity contribution < 1.29 is 9.59 Å². The molecule has 0 radical (unpaired) electrons. The van der Waals surface area contributed by atoms with Crippen molar-refractivity contribution in [3.05, 3.63) is 0 Å². The minimum absolute atomic E-state index is 0.0509. The smallest absolute Gasteiger partial charge is 0.217 e. The molecule has 4 nitrogen and oxygen atoms in total. The Morgan fingerprint density at radius 1 is 1.58 bits per heavy atom. The van der Waals surface area contributed by atoms with Crippen LogP contribution in [0.25, 0.3) is 0 Å². The molecule has 0 spiro atoms. The Kier molecular flexibility index (Phi) is 5.08. The summed E-state index contributed by atoms with van der Waals surface area (Å²) >= 11 is 0. The lowest BCUT2D eigenvalue weighted by Crippen LogP contribution is -2.33. The molecule has 12 heavy (non-hydrogen) atoms. The summed E-state index contributed by atoms with van der Waals surface area (Å²) in [6.07, 6.45) is 1.60. The molecule has 2 amide bonds. The van der Waals surface area contributed by atoms with Crippen molar-refractivity contribution in [2.24, 2.45) is 11.7 Å². The van der Waals surface area contributed by atoms with Crippen molar-refractivity contribution >= 4 is 12.3 Å². The van der Waals surface area contributed by atoms with Crippen LogP contribution in [0.1, 0.15) is 26.7 Å². The predicted octanol–water partition coefficient (Wildman–Crippen LogP) is 0.0225. The molecular formula is C8H16N2O2. The maximum Gasteiger partial charge on any atom is 0.217 e. The Balaban J connectivity index is 3.78. The fourth-order valence-electron chi connectivity index (χ4n) is 0.994. The highest BCUT2D eigenvalue weighted by Crippen LogP contribution is 2.07. The first kappa shape index (κ1) is 10.9. The minimum Gasteiger partial charge on any atom is -0.370 e. The van der Waals surface area contributed by atoms with Crippen molar-refractivity contribution in [2.45, 2.75) is 32.7 Å². The number of hydrogen-bond acceptors (Lipinski definition) is 2. The summed E-state index contributed by atoms with van der Waals surface area (Å²) in [5.41, 5.74) is 4.98. The highest BCUT2D eigenvalue weighted by atomic mass is 16.1. The summed E-state index contributed by atoms with van der Waals surface area (Å²) in [6.45, 7) is 3.98. The van der Waals surface area contributed by atoms with Crippen LogP contribution in [0, 0.1) is 5.92 Å². The highest BCUT2D eigenvalue weighted by Gasteiger charge is 2.12. The van der Waals surface area contributed by atoms with E-state index in [1.165, 1.54) is 0 Å². The molecule has 0 aliphatic carbocycles. The van der Waals surface area contributed by atoms with Crippen molar-refractivity contribution in [2.75, 3.05) is 0 Å². The summed E-state index contributed by atoms with van der Waals surface area (Å²) in [7, 11) is 0. The topological polar surface area (TPSA) is 72.2 Å². The monoisotopic (exact) mass is 172 g/mol. The summed E-state index contributed by atoms with van der Waals surface area (Å²) in [4.78, 5) is 20.6. The van der Waals surface area contributed by atoms with E-state index in [0.717, 1.165) is 0 Å². The Hall–Kier alpha value is -1.06. The zero-order valence-electron chi connectivity index (χ0n) is 7.54. The molecule has 0 bridgehead atoms. The van der Waals surface area contributed by atoms with Crippen molar-refractivity contribution in [3.63, 3.8) is 0 Å². The SMILES string of the molecule is CC(C)C(CCC(N)=O)NC=O. The third-order valence-corrected chi connectivity index (χ3v) is 1.79. The molecule has 70 valence electrons. The van der Waals surface area contributed by atoms with Gasteiger partial charge < -0.3 is 11.1 Å². The number of carbonyl (C=O) groups excluding carboxylic acids is 2. The van der Waals surface area contributed by atoms with Crippen LogP contribution < -0.4 is 11.1 Å². The fourth-order valence-corrected chi connectivity index (χ4v) is 0.994. The molecule has 0 fully saturated rings. The van der Waals surface area contributed by atoms with Gasteiger partial charge in [0.1, 0.15) is 0 Å². The second-order valence-corrected chi connectivity index (χ2v) is 3.14. The van der Waals surface area contributed by atoms with E-state index in [-0.39, 0.29) is 11.9 Å². The lowest BCUT2D eigenvalue weighted by Gasteiger charge is -2.18. The van der Waals surface area contributed by atoms with Gasteiger partial charge in [0.2, 0.25) is 12.3 Å². The van der Waals surface area contributed by atoms with Crippen LogP contribution in [0.15, 0.2) is 0 Å². The van der Waals surface area contributed by atoms with Gasteiger partial charge in [0, 0.05) is 12.5 Å². The molecule has 1 atom stereocenters. The summed E-state index contributed by atoms with van der Waals surface area (Å²) in [5, 5.41) is 2.65. The number of rotatable bonds is 6. The molecular weight excluding hydrogens is 156 g/mol. The second-order valence-electron chi connectivity index (χ2n) is 3.14. The van der Waals surface area contributed by atoms with Crippen LogP contribution >= 0.6 is 0 Å². The van der Waals surface area contributed by atoms with E-state index in [2.05, 4.69) is 5.32 Å². The summed E-state index contributed by atoms with van der Waals surface area (Å²) in [5.74, 6) is 0.00268. The second kappa shape index (κ2) is 5.57. The van der Waals surface area contributed by atoms with Gasteiger partial charge in [-0.25, -0.2) is 0 Å². The third kappa shape index (κ3) is 4.71. The van der Waals surface area contributed by atoms with E-state index < -0.39 is 0 Å². The van der Waals surface area contributed by atoms with Crippen LogP contribution in [0.5, 0.6) is 0 Å².